The molecule has 0 aliphatic heterocycles. The number of carboxylic acids is 1. The maximum absolute atomic E-state index is 11.1. The van der Waals surface area contributed by atoms with Crippen molar-refractivity contribution in [3.8, 4) is 0 Å². The summed E-state index contributed by atoms with van der Waals surface area (Å²) in [5, 5.41) is 12.4. The lowest BCUT2D eigenvalue weighted by Gasteiger charge is -2.10. The lowest BCUT2D eigenvalue weighted by atomic mass is 10.3. The fourth-order valence-corrected chi connectivity index (χ4v) is 1.69. The number of nitrogens with zero attached hydrogens (tertiary/aromatic N) is 3. The Morgan fingerprint density at radius 3 is 2.84 bits per heavy atom. The van der Waals surface area contributed by atoms with Crippen LogP contribution in [0.4, 0.5) is 17.3 Å². The van der Waals surface area contributed by atoms with Crippen LogP contribution in [0, 0.1) is 0 Å². The average Bonchev–Trinajstić information content (AvgIpc) is 2.41. The molecular formula is C11H11N5O2S. The second-order valence-electron chi connectivity index (χ2n) is 3.49. The number of aromatic nitrogens is 3. The minimum absolute atomic E-state index is 0.0390. The fourth-order valence-electron chi connectivity index (χ4n) is 1.35. The molecule has 7 nitrogen and oxygen atoms in total. The molecule has 0 amide bonds. The van der Waals surface area contributed by atoms with Crippen molar-refractivity contribution >= 4 is 35.1 Å². The van der Waals surface area contributed by atoms with Gasteiger partial charge < -0.3 is 16.2 Å². The Morgan fingerprint density at radius 2 is 2.21 bits per heavy atom. The standard InChI is InChI=1S/C11H11N5O2S/c1-19-11-14-5-6(10(17)18)8(16-11)15-9-7(12)3-2-4-13-9/h2-5H,12H2,1H3,(H,17,18)(H,13,14,15,16). The third kappa shape index (κ3) is 2.91. The normalized spacial score (nSPS) is 10.2. The van der Waals surface area contributed by atoms with E-state index in [4.69, 9.17) is 10.8 Å². The number of anilines is 3. The van der Waals surface area contributed by atoms with Crippen LogP contribution in [0.1, 0.15) is 10.4 Å². The number of thioether (sulfide) groups is 1. The Labute approximate surface area is 113 Å². The third-order valence-corrected chi connectivity index (χ3v) is 2.82. The summed E-state index contributed by atoms with van der Waals surface area (Å²) in [5.74, 6) is -0.599. The molecule has 0 saturated carbocycles. The van der Waals surface area contributed by atoms with E-state index in [1.165, 1.54) is 18.0 Å². The molecule has 0 bridgehead atoms. The van der Waals surface area contributed by atoms with Crippen molar-refractivity contribution in [3.63, 3.8) is 0 Å². The van der Waals surface area contributed by atoms with E-state index in [9.17, 15) is 4.79 Å². The van der Waals surface area contributed by atoms with Crippen molar-refractivity contribution in [2.75, 3.05) is 17.3 Å². The van der Waals surface area contributed by atoms with Gasteiger partial charge in [-0.25, -0.2) is 19.7 Å². The van der Waals surface area contributed by atoms with Crippen LogP contribution in [-0.4, -0.2) is 32.3 Å². The third-order valence-electron chi connectivity index (χ3n) is 2.26. The van der Waals surface area contributed by atoms with Crippen molar-refractivity contribution in [1.82, 2.24) is 15.0 Å². The van der Waals surface area contributed by atoms with Crippen LogP contribution in [0.3, 0.4) is 0 Å². The summed E-state index contributed by atoms with van der Waals surface area (Å²) in [6.45, 7) is 0. The number of hydrogen-bond donors (Lipinski definition) is 3. The molecule has 0 unspecified atom stereocenters. The van der Waals surface area contributed by atoms with Gasteiger partial charge in [0.25, 0.3) is 0 Å². The van der Waals surface area contributed by atoms with Gasteiger partial charge in [0.2, 0.25) is 0 Å². The second-order valence-corrected chi connectivity index (χ2v) is 4.26. The quantitative estimate of drug-likeness (QED) is 0.570. The van der Waals surface area contributed by atoms with Gasteiger partial charge in [-0.1, -0.05) is 11.8 Å². The molecule has 0 aromatic carbocycles. The maximum Gasteiger partial charge on any atom is 0.341 e. The van der Waals surface area contributed by atoms with E-state index in [0.717, 1.165) is 0 Å². The molecule has 0 spiro atoms. The molecular weight excluding hydrogens is 266 g/mol. The van der Waals surface area contributed by atoms with E-state index in [0.29, 0.717) is 16.7 Å². The Balaban J connectivity index is 2.43. The van der Waals surface area contributed by atoms with Crippen molar-refractivity contribution in [3.05, 3.63) is 30.1 Å². The highest BCUT2D eigenvalue weighted by Gasteiger charge is 2.14. The molecule has 0 aliphatic carbocycles. The SMILES string of the molecule is CSc1ncc(C(=O)O)c(Nc2ncccc2N)n1. The number of nitrogens with one attached hydrogen (secondary N) is 1. The van der Waals surface area contributed by atoms with Gasteiger partial charge in [0, 0.05) is 12.4 Å². The smallest absolute Gasteiger partial charge is 0.341 e. The Bertz CT molecular complexity index is 620. The molecule has 0 atom stereocenters. The number of pyridine rings is 1. The molecule has 2 aromatic rings. The van der Waals surface area contributed by atoms with Crippen LogP contribution in [0.15, 0.2) is 29.7 Å². The molecule has 0 aliphatic rings. The Hall–Kier alpha value is -2.35. The molecule has 19 heavy (non-hydrogen) atoms. The molecule has 4 N–H and O–H groups in total. The van der Waals surface area contributed by atoms with Gasteiger partial charge in [-0.3, -0.25) is 0 Å². The first-order valence-electron chi connectivity index (χ1n) is 5.23. The van der Waals surface area contributed by atoms with Crippen molar-refractivity contribution in [2.24, 2.45) is 0 Å². The zero-order valence-electron chi connectivity index (χ0n) is 9.99. The minimum atomic E-state index is -1.12. The summed E-state index contributed by atoms with van der Waals surface area (Å²) in [4.78, 5) is 23.2. The zero-order chi connectivity index (χ0) is 13.8. The largest absolute Gasteiger partial charge is 0.477 e. The van der Waals surface area contributed by atoms with Crippen molar-refractivity contribution in [2.45, 2.75) is 5.16 Å². The topological polar surface area (TPSA) is 114 Å². The number of aromatic carboxylic acids is 1. The average molecular weight is 277 g/mol. The zero-order valence-corrected chi connectivity index (χ0v) is 10.8. The molecule has 0 saturated heterocycles. The van der Waals surface area contributed by atoms with Crippen LogP contribution in [0.5, 0.6) is 0 Å². The molecule has 8 heteroatoms. The van der Waals surface area contributed by atoms with Gasteiger partial charge in [-0.15, -0.1) is 0 Å². The molecule has 0 radical (unpaired) electrons. The molecule has 2 aromatic heterocycles. The molecule has 2 heterocycles. The number of hydrogen-bond acceptors (Lipinski definition) is 7. The van der Waals surface area contributed by atoms with Crippen molar-refractivity contribution < 1.29 is 9.90 Å². The van der Waals surface area contributed by atoms with E-state index < -0.39 is 5.97 Å². The highest BCUT2D eigenvalue weighted by atomic mass is 32.2. The predicted molar refractivity (Wildman–Crippen MR) is 72.7 cm³/mol. The highest BCUT2D eigenvalue weighted by molar-refractivity contribution is 7.98. The van der Waals surface area contributed by atoms with E-state index in [2.05, 4.69) is 20.3 Å². The van der Waals surface area contributed by atoms with Gasteiger partial charge in [0.15, 0.2) is 16.8 Å². The summed E-state index contributed by atoms with van der Waals surface area (Å²) in [6, 6.07) is 3.35. The van der Waals surface area contributed by atoms with Crippen LogP contribution in [-0.2, 0) is 0 Å². The summed E-state index contributed by atoms with van der Waals surface area (Å²) >= 11 is 1.31. The fraction of sp³-hybridized carbons (Fsp3) is 0.0909. The summed E-state index contributed by atoms with van der Waals surface area (Å²) in [6.07, 6.45) is 4.60. The number of nitrogen functional groups attached to an aromatic ring is 1. The Kier molecular flexibility index (Phi) is 3.81. The lowest BCUT2D eigenvalue weighted by molar-refractivity contribution is 0.0697. The van der Waals surface area contributed by atoms with Gasteiger partial charge in [0.05, 0.1) is 5.69 Å². The molecule has 98 valence electrons. The first kappa shape index (κ1) is 13.1. The van der Waals surface area contributed by atoms with Gasteiger partial charge in [-0.2, -0.15) is 0 Å². The van der Waals surface area contributed by atoms with Gasteiger partial charge in [0.1, 0.15) is 5.56 Å². The van der Waals surface area contributed by atoms with Crippen molar-refractivity contribution in [1.29, 1.82) is 0 Å². The molecule has 2 rings (SSSR count). The highest BCUT2D eigenvalue weighted by Crippen LogP contribution is 2.23. The van der Waals surface area contributed by atoms with Crippen LogP contribution in [0.2, 0.25) is 0 Å². The molecule has 0 fully saturated rings. The van der Waals surface area contributed by atoms with E-state index in [1.54, 1.807) is 24.6 Å². The van der Waals surface area contributed by atoms with Crippen LogP contribution < -0.4 is 11.1 Å². The van der Waals surface area contributed by atoms with Gasteiger partial charge in [-0.05, 0) is 18.4 Å². The number of carbonyl (C=O) groups is 1. The summed E-state index contributed by atoms with van der Waals surface area (Å²) in [7, 11) is 0. The van der Waals surface area contributed by atoms with E-state index in [1.807, 2.05) is 0 Å². The maximum atomic E-state index is 11.1. The summed E-state index contributed by atoms with van der Waals surface area (Å²) < 4.78 is 0. The number of rotatable bonds is 4. The summed E-state index contributed by atoms with van der Waals surface area (Å²) in [5.41, 5.74) is 6.11. The van der Waals surface area contributed by atoms with E-state index in [-0.39, 0.29) is 11.4 Å². The first-order valence-corrected chi connectivity index (χ1v) is 6.46. The monoisotopic (exact) mass is 277 g/mol. The number of nitrogens with two attached hydrogens (primary N) is 1. The first-order chi connectivity index (χ1) is 9.11. The predicted octanol–water partition coefficient (Wildman–Crippen LogP) is 1.62. The number of carboxylic acid groups (broad SMARTS) is 1. The second kappa shape index (κ2) is 5.53. The Morgan fingerprint density at radius 1 is 1.42 bits per heavy atom. The van der Waals surface area contributed by atoms with E-state index >= 15 is 0 Å². The van der Waals surface area contributed by atoms with Crippen LogP contribution in [0.25, 0.3) is 0 Å². The minimum Gasteiger partial charge on any atom is -0.477 e. The lowest BCUT2D eigenvalue weighted by Crippen LogP contribution is -2.08. The van der Waals surface area contributed by atoms with Gasteiger partial charge >= 0.3 is 5.97 Å². The van der Waals surface area contributed by atoms with Crippen LogP contribution >= 0.6 is 11.8 Å².